The predicted octanol–water partition coefficient (Wildman–Crippen LogP) is 4.64. The van der Waals surface area contributed by atoms with Crippen molar-refractivity contribution in [3.63, 3.8) is 0 Å². The first-order chi connectivity index (χ1) is 7.85. The normalized spacial score (nSPS) is 28.6. The van der Waals surface area contributed by atoms with E-state index in [1.165, 1.54) is 17.7 Å². The Labute approximate surface area is 103 Å². The molecule has 1 aliphatic carbocycles. The number of thioether (sulfide) groups is 1. The lowest BCUT2D eigenvalue weighted by Gasteiger charge is -2.31. The van der Waals surface area contributed by atoms with Gasteiger partial charge in [-0.15, -0.1) is 11.8 Å². The SMILES string of the molecule is C=C/C=C\C1=CC(CC)C2=CC=CCC2S1. The highest BCUT2D eigenvalue weighted by Gasteiger charge is 2.26. The van der Waals surface area contributed by atoms with E-state index >= 15 is 0 Å². The fourth-order valence-corrected chi connectivity index (χ4v) is 3.54. The molecule has 2 unspecified atom stereocenters. The van der Waals surface area contributed by atoms with Gasteiger partial charge in [0.05, 0.1) is 0 Å². The number of allylic oxidation sites excluding steroid dienone is 7. The minimum atomic E-state index is 0.626. The molecule has 2 rings (SSSR count). The Morgan fingerprint density at radius 2 is 2.44 bits per heavy atom. The van der Waals surface area contributed by atoms with Crippen LogP contribution in [0.4, 0.5) is 0 Å². The maximum absolute atomic E-state index is 3.72. The van der Waals surface area contributed by atoms with Gasteiger partial charge in [-0.1, -0.05) is 50.0 Å². The van der Waals surface area contributed by atoms with Gasteiger partial charge in [0.25, 0.3) is 0 Å². The van der Waals surface area contributed by atoms with Crippen LogP contribution in [-0.4, -0.2) is 5.25 Å². The third-order valence-corrected chi connectivity index (χ3v) is 4.35. The average Bonchev–Trinajstić information content (AvgIpc) is 2.35. The number of hydrogen-bond acceptors (Lipinski definition) is 1. The largest absolute Gasteiger partial charge is 0.118 e. The summed E-state index contributed by atoms with van der Waals surface area (Å²) in [4.78, 5) is 1.39. The Hall–Kier alpha value is -0.950. The van der Waals surface area contributed by atoms with Gasteiger partial charge in [-0.2, -0.15) is 0 Å². The molecule has 0 bridgehead atoms. The van der Waals surface area contributed by atoms with Crippen LogP contribution in [0.1, 0.15) is 19.8 Å². The summed E-state index contributed by atoms with van der Waals surface area (Å²) in [5, 5.41) is 0.657. The summed E-state index contributed by atoms with van der Waals surface area (Å²) < 4.78 is 0. The highest BCUT2D eigenvalue weighted by Crippen LogP contribution is 2.42. The topological polar surface area (TPSA) is 0 Å². The molecule has 1 heterocycles. The monoisotopic (exact) mass is 230 g/mol. The van der Waals surface area contributed by atoms with Crippen molar-refractivity contribution in [3.05, 3.63) is 59.6 Å². The van der Waals surface area contributed by atoms with E-state index in [0.717, 1.165) is 0 Å². The Kier molecular flexibility index (Phi) is 3.89. The lowest BCUT2D eigenvalue weighted by molar-refractivity contribution is 0.682. The molecule has 0 aromatic rings. The molecule has 84 valence electrons. The van der Waals surface area contributed by atoms with Gasteiger partial charge in [-0.05, 0) is 24.5 Å². The Bertz CT molecular complexity index is 382. The highest BCUT2D eigenvalue weighted by molar-refractivity contribution is 8.04. The number of fused-ring (bicyclic) bond motifs is 1. The van der Waals surface area contributed by atoms with Crippen molar-refractivity contribution in [2.75, 3.05) is 0 Å². The molecule has 0 saturated heterocycles. The Morgan fingerprint density at radius 1 is 1.56 bits per heavy atom. The van der Waals surface area contributed by atoms with Crippen LogP contribution in [0.5, 0.6) is 0 Å². The first-order valence-corrected chi connectivity index (χ1v) is 6.77. The van der Waals surface area contributed by atoms with E-state index in [-0.39, 0.29) is 0 Å². The molecular weight excluding hydrogens is 212 g/mol. The molecule has 0 nitrogen and oxygen atoms in total. The van der Waals surface area contributed by atoms with Crippen LogP contribution in [0.25, 0.3) is 0 Å². The standard InChI is InChI=1S/C15H18S/c1-3-5-8-13-11-12(4-2)14-9-6-7-10-15(14)16-13/h3,5-9,11-12,15H,1,4,10H2,2H3/b8-5-. The summed E-state index contributed by atoms with van der Waals surface area (Å²) in [6.07, 6.45) is 17.6. The molecule has 2 aliphatic rings. The quantitative estimate of drug-likeness (QED) is 0.636. The van der Waals surface area contributed by atoms with Crippen LogP contribution in [0.3, 0.4) is 0 Å². The van der Waals surface area contributed by atoms with Gasteiger partial charge in [0.1, 0.15) is 0 Å². The summed E-state index contributed by atoms with van der Waals surface area (Å²) in [5.74, 6) is 0.626. The summed E-state index contributed by atoms with van der Waals surface area (Å²) in [7, 11) is 0. The third kappa shape index (κ3) is 2.41. The Morgan fingerprint density at radius 3 is 3.19 bits per heavy atom. The zero-order chi connectivity index (χ0) is 11.4. The van der Waals surface area contributed by atoms with Crippen molar-refractivity contribution in [1.82, 2.24) is 0 Å². The molecule has 0 aromatic heterocycles. The van der Waals surface area contributed by atoms with E-state index in [4.69, 9.17) is 0 Å². The molecule has 0 saturated carbocycles. The van der Waals surface area contributed by atoms with Crippen molar-refractivity contribution >= 4 is 11.8 Å². The lowest BCUT2D eigenvalue weighted by Crippen LogP contribution is -2.19. The van der Waals surface area contributed by atoms with Crippen molar-refractivity contribution in [2.24, 2.45) is 5.92 Å². The Balaban J connectivity index is 2.24. The smallest absolute Gasteiger partial charge is 0.0347 e. The minimum absolute atomic E-state index is 0.626. The van der Waals surface area contributed by atoms with Crippen molar-refractivity contribution in [3.8, 4) is 0 Å². The summed E-state index contributed by atoms with van der Waals surface area (Å²) in [6.45, 7) is 5.99. The maximum Gasteiger partial charge on any atom is 0.0347 e. The van der Waals surface area contributed by atoms with Crippen LogP contribution in [0.2, 0.25) is 0 Å². The second kappa shape index (κ2) is 5.40. The molecule has 0 radical (unpaired) electrons. The second-order valence-electron chi connectivity index (χ2n) is 4.12. The van der Waals surface area contributed by atoms with E-state index in [2.05, 4.69) is 43.9 Å². The molecule has 0 amide bonds. The molecule has 0 aromatic carbocycles. The van der Waals surface area contributed by atoms with Gasteiger partial charge < -0.3 is 0 Å². The van der Waals surface area contributed by atoms with E-state index < -0.39 is 0 Å². The summed E-state index contributed by atoms with van der Waals surface area (Å²) in [6, 6.07) is 0. The van der Waals surface area contributed by atoms with Gasteiger partial charge in [-0.3, -0.25) is 0 Å². The predicted molar refractivity (Wildman–Crippen MR) is 74.4 cm³/mol. The van der Waals surface area contributed by atoms with Crippen molar-refractivity contribution in [2.45, 2.75) is 25.0 Å². The first kappa shape index (κ1) is 11.5. The van der Waals surface area contributed by atoms with E-state index in [9.17, 15) is 0 Å². The molecular formula is C15H18S. The molecule has 1 aliphatic heterocycles. The zero-order valence-corrected chi connectivity index (χ0v) is 10.5. The van der Waals surface area contributed by atoms with Crippen LogP contribution < -0.4 is 0 Å². The van der Waals surface area contributed by atoms with E-state index in [1.54, 1.807) is 5.57 Å². The fraction of sp³-hybridized carbons (Fsp3) is 0.333. The highest BCUT2D eigenvalue weighted by atomic mass is 32.2. The summed E-state index contributed by atoms with van der Waals surface area (Å²) in [5.41, 5.74) is 1.60. The van der Waals surface area contributed by atoms with E-state index in [1.807, 2.05) is 23.9 Å². The maximum atomic E-state index is 3.72. The van der Waals surface area contributed by atoms with Crippen molar-refractivity contribution in [1.29, 1.82) is 0 Å². The zero-order valence-electron chi connectivity index (χ0n) is 9.73. The van der Waals surface area contributed by atoms with Gasteiger partial charge in [-0.25, -0.2) is 0 Å². The molecule has 16 heavy (non-hydrogen) atoms. The molecule has 0 spiro atoms. The van der Waals surface area contributed by atoms with Gasteiger partial charge >= 0.3 is 0 Å². The first-order valence-electron chi connectivity index (χ1n) is 5.89. The third-order valence-electron chi connectivity index (χ3n) is 3.06. The van der Waals surface area contributed by atoms with Crippen LogP contribution in [0.15, 0.2) is 59.6 Å². The van der Waals surface area contributed by atoms with Gasteiger partial charge in [0.2, 0.25) is 0 Å². The van der Waals surface area contributed by atoms with Gasteiger partial charge in [0, 0.05) is 16.1 Å². The molecule has 0 fully saturated rings. The lowest BCUT2D eigenvalue weighted by atomic mass is 9.89. The van der Waals surface area contributed by atoms with Crippen LogP contribution in [-0.2, 0) is 0 Å². The van der Waals surface area contributed by atoms with E-state index in [0.29, 0.717) is 11.2 Å². The van der Waals surface area contributed by atoms with Gasteiger partial charge in [0.15, 0.2) is 0 Å². The fourth-order valence-electron chi connectivity index (χ4n) is 2.21. The van der Waals surface area contributed by atoms with Crippen molar-refractivity contribution < 1.29 is 0 Å². The molecule has 1 heteroatoms. The van der Waals surface area contributed by atoms with Crippen LogP contribution >= 0.6 is 11.8 Å². The second-order valence-corrected chi connectivity index (χ2v) is 5.39. The molecule has 2 atom stereocenters. The number of hydrogen-bond donors (Lipinski definition) is 0. The number of rotatable bonds is 3. The summed E-state index contributed by atoms with van der Waals surface area (Å²) >= 11 is 1.98. The molecule has 0 N–H and O–H groups in total. The minimum Gasteiger partial charge on any atom is -0.118 e. The van der Waals surface area contributed by atoms with Crippen LogP contribution in [0, 0.1) is 5.92 Å². The average molecular weight is 230 g/mol.